The minimum Gasteiger partial charge on any atom is -0.469 e. The normalized spacial score (nSPS) is 16.6. The summed E-state index contributed by atoms with van der Waals surface area (Å²) in [5.41, 5.74) is 2.99. The van der Waals surface area contributed by atoms with Crippen LogP contribution in [0.4, 0.5) is 0 Å². The van der Waals surface area contributed by atoms with Gasteiger partial charge in [-0.3, -0.25) is 14.6 Å². The molecule has 1 heterocycles. The van der Waals surface area contributed by atoms with Crippen molar-refractivity contribution in [2.75, 3.05) is 41.0 Å². The number of likely N-dealkylation sites (N-methyl/N-ethyl adjacent to an activating group) is 1. The Morgan fingerprint density at radius 3 is 2.21 bits per heavy atom. The lowest BCUT2D eigenvalue weighted by Gasteiger charge is -2.33. The van der Waals surface area contributed by atoms with Gasteiger partial charge in [0, 0.05) is 28.2 Å². The Morgan fingerprint density at radius 1 is 0.905 bits per heavy atom. The van der Waals surface area contributed by atoms with Crippen molar-refractivity contribution in [3.63, 3.8) is 0 Å². The number of hydrogen-bond donors (Lipinski definition) is 1. The second-order valence-corrected chi connectivity index (χ2v) is 10.3. The van der Waals surface area contributed by atoms with Gasteiger partial charge in [-0.15, -0.1) is 0 Å². The molecule has 1 N–H and O–H groups in total. The highest BCUT2D eigenvalue weighted by Crippen LogP contribution is 2.46. The zero-order valence-corrected chi connectivity index (χ0v) is 25.7. The molecule has 2 atom stereocenters. The lowest BCUT2D eigenvalue weighted by molar-refractivity contribution is -0.143. The second kappa shape index (κ2) is 16.4. The largest absolute Gasteiger partial charge is 0.469 e. The number of esters is 3. The van der Waals surface area contributed by atoms with Crippen LogP contribution in [-0.4, -0.2) is 64.6 Å². The van der Waals surface area contributed by atoms with Gasteiger partial charge in [-0.1, -0.05) is 60.5 Å². The molecule has 0 amide bonds. The zero-order chi connectivity index (χ0) is 30.6. The molecule has 42 heavy (non-hydrogen) atoms. The topological polar surface area (TPSA) is 113 Å². The minimum atomic E-state index is -1.18. The van der Waals surface area contributed by atoms with Crippen molar-refractivity contribution in [1.82, 2.24) is 5.32 Å². The van der Waals surface area contributed by atoms with E-state index in [1.54, 1.807) is 18.2 Å². The van der Waals surface area contributed by atoms with E-state index in [0.29, 0.717) is 30.9 Å². The number of carbonyl (C=O) groups is 3. The maximum atomic E-state index is 13.4. The lowest BCUT2D eigenvalue weighted by Crippen LogP contribution is -2.38. The van der Waals surface area contributed by atoms with Crippen LogP contribution in [0, 0.1) is 5.92 Å². The van der Waals surface area contributed by atoms with Crippen molar-refractivity contribution >= 4 is 46.8 Å². The summed E-state index contributed by atoms with van der Waals surface area (Å²) in [6, 6.07) is 12.7. The van der Waals surface area contributed by atoms with E-state index in [9.17, 15) is 14.4 Å². The Labute approximate surface area is 256 Å². The van der Waals surface area contributed by atoms with Gasteiger partial charge in [0.25, 0.3) is 0 Å². The van der Waals surface area contributed by atoms with Crippen molar-refractivity contribution in [1.29, 1.82) is 0 Å². The number of hydrogen-bond acceptors (Lipinski definition) is 9. The average molecular weight is 620 g/mol. The molecule has 1 aliphatic heterocycles. The first-order valence-corrected chi connectivity index (χ1v) is 14.3. The Hall–Kier alpha value is -3.24. The van der Waals surface area contributed by atoms with Crippen LogP contribution in [0.25, 0.3) is 0 Å². The van der Waals surface area contributed by atoms with Crippen LogP contribution in [0.3, 0.4) is 0 Å². The summed E-state index contributed by atoms with van der Waals surface area (Å²) in [6.45, 7) is 4.64. The van der Waals surface area contributed by atoms with Crippen LogP contribution < -0.4 is 5.32 Å². The molecule has 0 saturated heterocycles. The monoisotopic (exact) mass is 618 g/mol. The van der Waals surface area contributed by atoms with Crippen LogP contribution in [0.2, 0.25) is 10.0 Å². The maximum absolute atomic E-state index is 13.4. The third-order valence-corrected chi connectivity index (χ3v) is 7.66. The molecule has 0 saturated carbocycles. The van der Waals surface area contributed by atoms with E-state index in [0.717, 1.165) is 24.2 Å². The number of ether oxygens (including phenoxy) is 4. The molecule has 11 heteroatoms. The molecule has 0 spiro atoms. The molecule has 3 rings (SSSR count). The van der Waals surface area contributed by atoms with Gasteiger partial charge < -0.3 is 24.3 Å². The number of aryl methyl sites for hydroxylation is 1. The fraction of sp³-hybridized carbons (Fsp3) is 0.419. The number of nitrogens with zero attached hydrogens (tertiary/aromatic N) is 1. The third kappa shape index (κ3) is 8.19. The van der Waals surface area contributed by atoms with Crippen molar-refractivity contribution in [2.24, 2.45) is 10.9 Å². The standard InChI is InChI=1S/C31H36Cl2N2O7/c1-5-34-15-16-42-18-20-10-7-6-9-19(20)13-14-23-27(30(37)40-3)29(26-21(32)11-8-12-22(26)33)28(31(38)41-4)24(35-23)17-25(36)39-2/h6-12,28-29,34H,5,13-18H2,1-4H3. The van der Waals surface area contributed by atoms with Crippen molar-refractivity contribution in [3.05, 3.63) is 80.5 Å². The quantitative estimate of drug-likeness (QED) is 0.177. The van der Waals surface area contributed by atoms with Crippen LogP contribution in [-0.2, 0) is 46.4 Å². The van der Waals surface area contributed by atoms with Gasteiger partial charge in [-0.2, -0.15) is 0 Å². The molecular formula is C31H36Cl2N2O7. The van der Waals surface area contributed by atoms with Gasteiger partial charge in [-0.05, 0) is 48.2 Å². The summed E-state index contributed by atoms with van der Waals surface area (Å²) in [7, 11) is 3.71. The predicted octanol–water partition coefficient (Wildman–Crippen LogP) is 5.07. The predicted molar refractivity (Wildman–Crippen MR) is 161 cm³/mol. The molecular weight excluding hydrogens is 583 g/mol. The number of carbonyl (C=O) groups excluding carboxylic acids is 3. The molecule has 226 valence electrons. The molecule has 0 radical (unpaired) electrons. The first-order valence-electron chi connectivity index (χ1n) is 13.6. The summed E-state index contributed by atoms with van der Waals surface area (Å²) in [5.74, 6) is -4.21. The fourth-order valence-corrected chi connectivity index (χ4v) is 5.61. The Bertz CT molecular complexity index is 1320. The molecule has 0 bridgehead atoms. The lowest BCUT2D eigenvalue weighted by atomic mass is 9.74. The molecule has 0 aliphatic carbocycles. The highest BCUT2D eigenvalue weighted by Gasteiger charge is 2.46. The zero-order valence-electron chi connectivity index (χ0n) is 24.2. The van der Waals surface area contributed by atoms with Gasteiger partial charge >= 0.3 is 17.9 Å². The number of benzene rings is 2. The molecule has 2 unspecified atom stereocenters. The SMILES string of the molecule is CCNCCOCc1ccccc1CCC1=C(C(=O)OC)C(c2c(Cl)cccc2Cl)C(C(=O)OC)C(CC(=O)OC)=N1. The van der Waals surface area contributed by atoms with E-state index in [-0.39, 0.29) is 34.2 Å². The summed E-state index contributed by atoms with van der Waals surface area (Å²) >= 11 is 13.3. The van der Waals surface area contributed by atoms with Crippen molar-refractivity contribution in [2.45, 2.75) is 38.7 Å². The second-order valence-electron chi connectivity index (χ2n) is 9.50. The highest BCUT2D eigenvalue weighted by atomic mass is 35.5. The van der Waals surface area contributed by atoms with E-state index in [1.165, 1.54) is 21.3 Å². The maximum Gasteiger partial charge on any atom is 0.336 e. The fourth-order valence-electron chi connectivity index (χ4n) is 4.97. The minimum absolute atomic E-state index is 0.121. The Balaban J connectivity index is 2.12. The van der Waals surface area contributed by atoms with Gasteiger partial charge in [-0.25, -0.2) is 4.79 Å². The van der Waals surface area contributed by atoms with Crippen molar-refractivity contribution in [3.8, 4) is 0 Å². The average Bonchev–Trinajstić information content (AvgIpc) is 2.99. The molecule has 2 aromatic rings. The summed E-state index contributed by atoms with van der Waals surface area (Å²) < 4.78 is 21.0. The summed E-state index contributed by atoms with van der Waals surface area (Å²) in [6.07, 6.45) is 0.475. The van der Waals surface area contributed by atoms with Gasteiger partial charge in [0.05, 0.1) is 52.2 Å². The van der Waals surface area contributed by atoms with Crippen LogP contribution in [0.15, 0.2) is 58.7 Å². The first-order chi connectivity index (χ1) is 20.3. The first kappa shape index (κ1) is 33.3. The van der Waals surface area contributed by atoms with Crippen LogP contribution in [0.1, 0.15) is 42.4 Å². The third-order valence-electron chi connectivity index (χ3n) is 7.00. The van der Waals surface area contributed by atoms with Crippen LogP contribution >= 0.6 is 23.2 Å². The van der Waals surface area contributed by atoms with Gasteiger partial charge in [0.1, 0.15) is 5.92 Å². The molecule has 0 aromatic heterocycles. The van der Waals surface area contributed by atoms with Crippen molar-refractivity contribution < 1.29 is 33.3 Å². The van der Waals surface area contributed by atoms with Crippen LogP contribution in [0.5, 0.6) is 0 Å². The van der Waals surface area contributed by atoms with E-state index < -0.39 is 29.7 Å². The van der Waals surface area contributed by atoms with E-state index in [2.05, 4.69) is 5.32 Å². The molecule has 9 nitrogen and oxygen atoms in total. The van der Waals surface area contributed by atoms with E-state index in [1.807, 2.05) is 31.2 Å². The van der Waals surface area contributed by atoms with E-state index >= 15 is 0 Å². The Morgan fingerprint density at radius 2 is 1.60 bits per heavy atom. The highest BCUT2D eigenvalue weighted by molar-refractivity contribution is 6.36. The number of nitrogens with one attached hydrogen (secondary N) is 1. The molecule has 1 aliphatic rings. The number of rotatable bonds is 14. The van der Waals surface area contributed by atoms with Gasteiger partial charge in [0.15, 0.2) is 0 Å². The Kier molecular flexibility index (Phi) is 13.0. The molecule has 2 aromatic carbocycles. The smallest absolute Gasteiger partial charge is 0.336 e. The number of allylic oxidation sites excluding steroid dienone is 1. The summed E-state index contributed by atoms with van der Waals surface area (Å²) in [4.78, 5) is 43.9. The van der Waals surface area contributed by atoms with E-state index in [4.69, 9.17) is 47.1 Å². The number of aliphatic imine (C=N–C) groups is 1. The summed E-state index contributed by atoms with van der Waals surface area (Å²) in [5, 5.41) is 3.70. The molecule has 0 fully saturated rings. The van der Waals surface area contributed by atoms with Gasteiger partial charge in [0.2, 0.25) is 0 Å². The number of halogens is 2. The number of methoxy groups -OCH3 is 3.